The maximum absolute atomic E-state index is 12.2. The molecule has 25 heavy (non-hydrogen) atoms. The van der Waals surface area contributed by atoms with Crippen molar-refractivity contribution in [2.75, 3.05) is 5.32 Å². The second kappa shape index (κ2) is 7.83. The van der Waals surface area contributed by atoms with Gasteiger partial charge in [0, 0.05) is 6.04 Å². The van der Waals surface area contributed by atoms with E-state index in [0.29, 0.717) is 11.4 Å². The number of para-hydroxylation sites is 2. The van der Waals surface area contributed by atoms with Crippen molar-refractivity contribution in [2.24, 2.45) is 0 Å². The zero-order valence-corrected chi connectivity index (χ0v) is 14.2. The van der Waals surface area contributed by atoms with Gasteiger partial charge in [0.15, 0.2) is 6.10 Å². The van der Waals surface area contributed by atoms with E-state index in [0.717, 1.165) is 12.8 Å². The Bertz CT molecular complexity index is 746. The Hall–Kier alpha value is -2.82. The first-order valence-electron chi connectivity index (χ1n) is 8.51. The molecule has 2 amide bonds. The molecule has 0 bridgehead atoms. The normalized spacial score (nSPS) is 17.0. The van der Waals surface area contributed by atoms with E-state index in [2.05, 4.69) is 22.8 Å². The highest BCUT2D eigenvalue weighted by Crippen LogP contribution is 2.29. The van der Waals surface area contributed by atoms with Crippen LogP contribution in [-0.4, -0.2) is 24.0 Å². The number of anilines is 1. The van der Waals surface area contributed by atoms with Crippen LogP contribution < -0.4 is 15.4 Å². The maximum atomic E-state index is 12.2. The second-order valence-corrected chi connectivity index (χ2v) is 6.29. The van der Waals surface area contributed by atoms with Gasteiger partial charge in [0.25, 0.3) is 5.91 Å². The van der Waals surface area contributed by atoms with Crippen molar-refractivity contribution in [2.45, 2.75) is 38.3 Å². The Morgan fingerprint density at radius 2 is 1.88 bits per heavy atom. The van der Waals surface area contributed by atoms with Crippen LogP contribution in [0.15, 0.2) is 54.6 Å². The molecule has 5 heteroatoms. The fourth-order valence-electron chi connectivity index (χ4n) is 2.83. The Balaban J connectivity index is 1.48. The number of carbonyl (C=O) groups is 2. The Labute approximate surface area is 147 Å². The molecule has 1 heterocycles. The Morgan fingerprint density at radius 1 is 1.16 bits per heavy atom. The summed E-state index contributed by atoms with van der Waals surface area (Å²) in [4.78, 5) is 24.3. The van der Waals surface area contributed by atoms with Crippen LogP contribution in [0.4, 0.5) is 5.69 Å². The third-order valence-electron chi connectivity index (χ3n) is 4.19. The van der Waals surface area contributed by atoms with E-state index in [1.54, 1.807) is 12.1 Å². The molecule has 2 atom stereocenters. The summed E-state index contributed by atoms with van der Waals surface area (Å²) in [5.41, 5.74) is 1.88. The molecule has 5 nitrogen and oxygen atoms in total. The molecule has 0 fully saturated rings. The van der Waals surface area contributed by atoms with Crippen LogP contribution in [0.5, 0.6) is 5.75 Å². The Morgan fingerprint density at radius 3 is 2.68 bits per heavy atom. The number of fused-ring (bicyclic) bond motifs is 1. The SMILES string of the molecule is CC(CCc1ccccc1)NC(=O)CC1Oc2ccccc2NC1=O. The van der Waals surface area contributed by atoms with Gasteiger partial charge in [0.2, 0.25) is 5.91 Å². The average Bonchev–Trinajstić information content (AvgIpc) is 2.61. The van der Waals surface area contributed by atoms with Crippen molar-refractivity contribution in [3.05, 3.63) is 60.2 Å². The summed E-state index contributed by atoms with van der Waals surface area (Å²) in [6.45, 7) is 1.97. The van der Waals surface area contributed by atoms with E-state index in [1.807, 2.05) is 37.3 Å². The lowest BCUT2D eigenvalue weighted by Crippen LogP contribution is -2.42. The van der Waals surface area contributed by atoms with Crippen LogP contribution in [0.25, 0.3) is 0 Å². The van der Waals surface area contributed by atoms with E-state index in [4.69, 9.17) is 4.74 Å². The summed E-state index contributed by atoms with van der Waals surface area (Å²) in [5, 5.41) is 5.71. The highest BCUT2D eigenvalue weighted by Gasteiger charge is 2.29. The number of ether oxygens (including phenoxy) is 1. The van der Waals surface area contributed by atoms with Crippen LogP contribution in [0.3, 0.4) is 0 Å². The highest BCUT2D eigenvalue weighted by atomic mass is 16.5. The van der Waals surface area contributed by atoms with Crippen LogP contribution in [0, 0.1) is 0 Å². The second-order valence-electron chi connectivity index (χ2n) is 6.29. The molecular formula is C20H22N2O3. The van der Waals surface area contributed by atoms with Gasteiger partial charge in [0.1, 0.15) is 5.75 Å². The van der Waals surface area contributed by atoms with E-state index >= 15 is 0 Å². The maximum Gasteiger partial charge on any atom is 0.266 e. The molecule has 3 rings (SSSR count). The molecule has 0 spiro atoms. The summed E-state index contributed by atoms with van der Waals surface area (Å²) in [6.07, 6.45) is 0.957. The summed E-state index contributed by atoms with van der Waals surface area (Å²) < 4.78 is 5.65. The van der Waals surface area contributed by atoms with Crippen LogP contribution in [0.2, 0.25) is 0 Å². The quantitative estimate of drug-likeness (QED) is 0.851. The molecule has 1 aliphatic heterocycles. The van der Waals surface area contributed by atoms with E-state index in [-0.39, 0.29) is 24.3 Å². The third-order valence-corrected chi connectivity index (χ3v) is 4.19. The van der Waals surface area contributed by atoms with Crippen molar-refractivity contribution < 1.29 is 14.3 Å². The lowest BCUT2D eigenvalue weighted by atomic mass is 10.1. The molecule has 0 saturated heterocycles. The summed E-state index contributed by atoms with van der Waals surface area (Å²) in [7, 11) is 0. The number of benzene rings is 2. The fraction of sp³-hybridized carbons (Fsp3) is 0.300. The highest BCUT2D eigenvalue weighted by molar-refractivity contribution is 5.99. The lowest BCUT2D eigenvalue weighted by Gasteiger charge is -2.25. The molecule has 0 aliphatic carbocycles. The van der Waals surface area contributed by atoms with E-state index in [9.17, 15) is 9.59 Å². The van der Waals surface area contributed by atoms with Gasteiger partial charge in [0.05, 0.1) is 12.1 Å². The van der Waals surface area contributed by atoms with Gasteiger partial charge in [-0.1, -0.05) is 42.5 Å². The zero-order valence-electron chi connectivity index (χ0n) is 14.2. The number of amides is 2. The standard InChI is InChI=1S/C20H22N2O3/c1-14(11-12-15-7-3-2-4-8-15)21-19(23)13-18-20(24)22-16-9-5-6-10-17(16)25-18/h2-10,14,18H,11-13H2,1H3,(H,21,23)(H,22,24). The van der Waals surface area contributed by atoms with Gasteiger partial charge in [-0.15, -0.1) is 0 Å². The van der Waals surface area contributed by atoms with E-state index < -0.39 is 6.10 Å². The van der Waals surface area contributed by atoms with Crippen LogP contribution in [0.1, 0.15) is 25.3 Å². The molecule has 0 aromatic heterocycles. The number of nitrogens with one attached hydrogen (secondary N) is 2. The summed E-state index contributed by atoms with van der Waals surface area (Å²) >= 11 is 0. The number of hydrogen-bond donors (Lipinski definition) is 2. The van der Waals surface area contributed by atoms with Gasteiger partial charge in [-0.3, -0.25) is 9.59 Å². The molecule has 0 saturated carbocycles. The summed E-state index contributed by atoms with van der Waals surface area (Å²) in [6, 6.07) is 17.4. The predicted molar refractivity (Wildman–Crippen MR) is 96.5 cm³/mol. The zero-order chi connectivity index (χ0) is 17.6. The minimum Gasteiger partial charge on any atom is -0.478 e. The molecule has 1 aliphatic rings. The van der Waals surface area contributed by atoms with Crippen LogP contribution in [-0.2, 0) is 16.0 Å². The topological polar surface area (TPSA) is 67.4 Å². The molecule has 2 N–H and O–H groups in total. The van der Waals surface area contributed by atoms with Crippen molar-refractivity contribution in [1.82, 2.24) is 5.32 Å². The number of rotatable bonds is 6. The van der Waals surface area contributed by atoms with Crippen LogP contribution >= 0.6 is 0 Å². The fourth-order valence-corrected chi connectivity index (χ4v) is 2.83. The number of carbonyl (C=O) groups excluding carboxylic acids is 2. The van der Waals surface area contributed by atoms with Crippen molar-refractivity contribution in [3.63, 3.8) is 0 Å². The molecule has 130 valence electrons. The van der Waals surface area contributed by atoms with Gasteiger partial charge >= 0.3 is 0 Å². The number of aryl methyl sites for hydroxylation is 1. The number of hydrogen-bond acceptors (Lipinski definition) is 3. The van der Waals surface area contributed by atoms with Gasteiger partial charge in [-0.25, -0.2) is 0 Å². The first kappa shape index (κ1) is 17.0. The molecule has 2 aromatic rings. The monoisotopic (exact) mass is 338 g/mol. The molecule has 2 aromatic carbocycles. The minimum atomic E-state index is -0.795. The Kier molecular flexibility index (Phi) is 5.33. The molecule has 2 unspecified atom stereocenters. The third kappa shape index (κ3) is 4.59. The molecule has 0 radical (unpaired) electrons. The van der Waals surface area contributed by atoms with Crippen molar-refractivity contribution >= 4 is 17.5 Å². The van der Waals surface area contributed by atoms with Crippen molar-refractivity contribution in [1.29, 1.82) is 0 Å². The largest absolute Gasteiger partial charge is 0.478 e. The first-order valence-corrected chi connectivity index (χ1v) is 8.51. The first-order chi connectivity index (χ1) is 12.1. The van der Waals surface area contributed by atoms with E-state index in [1.165, 1.54) is 5.56 Å². The van der Waals surface area contributed by atoms with Gasteiger partial charge in [-0.2, -0.15) is 0 Å². The molecular weight excluding hydrogens is 316 g/mol. The average molecular weight is 338 g/mol. The summed E-state index contributed by atoms with van der Waals surface area (Å²) in [5.74, 6) is 0.128. The van der Waals surface area contributed by atoms with Crippen molar-refractivity contribution in [3.8, 4) is 5.75 Å². The lowest BCUT2D eigenvalue weighted by molar-refractivity contribution is -0.130. The predicted octanol–water partition coefficient (Wildman–Crippen LogP) is 2.91. The smallest absolute Gasteiger partial charge is 0.266 e. The minimum absolute atomic E-state index is 0.00977. The van der Waals surface area contributed by atoms with Gasteiger partial charge in [-0.05, 0) is 37.5 Å². The van der Waals surface area contributed by atoms with Gasteiger partial charge < -0.3 is 15.4 Å².